The van der Waals surface area contributed by atoms with Crippen molar-refractivity contribution in [2.45, 2.75) is 89.3 Å². The number of ketones is 2. The van der Waals surface area contributed by atoms with Crippen molar-refractivity contribution in [1.82, 2.24) is 0 Å². The molecule has 2 aliphatic carbocycles. The van der Waals surface area contributed by atoms with E-state index in [1.165, 1.54) is 0 Å². The number of esters is 2. The topological polar surface area (TPSA) is 86.7 Å². The second kappa shape index (κ2) is 11.0. The van der Waals surface area contributed by atoms with Gasteiger partial charge in [-0.25, -0.2) is 9.59 Å². The number of benzene rings is 2. The number of ether oxygens (including phenoxy) is 2. The summed E-state index contributed by atoms with van der Waals surface area (Å²) in [6.07, 6.45) is 7.63. The zero-order valence-corrected chi connectivity index (χ0v) is 21.8. The third-order valence-electron chi connectivity index (χ3n) is 8.62. The molecule has 2 aliphatic rings. The van der Waals surface area contributed by atoms with Gasteiger partial charge in [0.15, 0.2) is 0 Å². The van der Waals surface area contributed by atoms with Crippen LogP contribution in [0.1, 0.15) is 98.8 Å². The molecule has 0 amide bonds. The highest BCUT2D eigenvalue weighted by molar-refractivity contribution is 6.41. The summed E-state index contributed by atoms with van der Waals surface area (Å²) in [4.78, 5) is 52.4. The van der Waals surface area contributed by atoms with Gasteiger partial charge in [0, 0.05) is 16.5 Å². The molecule has 2 aromatic carbocycles. The molecule has 0 spiro atoms. The average Bonchev–Trinajstić information content (AvgIpc) is 2.94. The molecule has 4 rings (SSSR count). The van der Waals surface area contributed by atoms with Crippen molar-refractivity contribution in [1.29, 1.82) is 0 Å². The molecule has 6 heteroatoms. The fourth-order valence-electron chi connectivity index (χ4n) is 6.23. The van der Waals surface area contributed by atoms with Crippen molar-refractivity contribution in [3.63, 3.8) is 0 Å². The normalized spacial score (nSPS) is 18.9. The summed E-state index contributed by atoms with van der Waals surface area (Å²) in [7, 11) is 0. The SMILES string of the molecule is CC(C)(C1(OC(=O)C(=O)c2ccccc2)CCCCC1)C1(OC(=O)C(=O)c2ccccc2)CCCCC1. The van der Waals surface area contributed by atoms with Crippen LogP contribution in [0.5, 0.6) is 0 Å². The molecule has 37 heavy (non-hydrogen) atoms. The Labute approximate surface area is 218 Å². The smallest absolute Gasteiger partial charge is 0.380 e. The van der Waals surface area contributed by atoms with E-state index in [4.69, 9.17) is 9.47 Å². The van der Waals surface area contributed by atoms with Gasteiger partial charge < -0.3 is 9.47 Å². The van der Waals surface area contributed by atoms with Gasteiger partial charge in [-0.15, -0.1) is 0 Å². The molecule has 0 atom stereocenters. The molecule has 196 valence electrons. The zero-order valence-electron chi connectivity index (χ0n) is 21.8. The first kappa shape index (κ1) is 26.8. The molecule has 0 radical (unpaired) electrons. The van der Waals surface area contributed by atoms with Crippen LogP contribution in [-0.4, -0.2) is 34.7 Å². The molecular weight excluding hydrogens is 468 g/mol. The molecule has 0 saturated heterocycles. The van der Waals surface area contributed by atoms with Crippen LogP contribution in [-0.2, 0) is 19.1 Å². The number of hydrogen-bond acceptors (Lipinski definition) is 6. The van der Waals surface area contributed by atoms with Gasteiger partial charge in [-0.1, -0.05) is 87.4 Å². The van der Waals surface area contributed by atoms with Crippen LogP contribution < -0.4 is 0 Å². The zero-order chi connectivity index (χ0) is 26.5. The second-order valence-corrected chi connectivity index (χ2v) is 10.9. The van der Waals surface area contributed by atoms with Gasteiger partial charge in [0.05, 0.1) is 0 Å². The average molecular weight is 505 g/mol. The quantitative estimate of drug-likeness (QED) is 0.239. The van der Waals surface area contributed by atoms with E-state index in [0.29, 0.717) is 25.7 Å². The van der Waals surface area contributed by atoms with Crippen LogP contribution in [0, 0.1) is 5.41 Å². The number of hydrogen-bond donors (Lipinski definition) is 0. The van der Waals surface area contributed by atoms with E-state index in [1.54, 1.807) is 60.7 Å². The summed E-state index contributed by atoms with van der Waals surface area (Å²) in [5.41, 5.74) is -2.27. The summed E-state index contributed by atoms with van der Waals surface area (Å²) in [6.45, 7) is 3.95. The fraction of sp³-hybridized carbons (Fsp3) is 0.484. The van der Waals surface area contributed by atoms with Crippen LogP contribution in [0.4, 0.5) is 0 Å². The van der Waals surface area contributed by atoms with Crippen LogP contribution in [0.3, 0.4) is 0 Å². The fourth-order valence-corrected chi connectivity index (χ4v) is 6.23. The number of Topliss-reactive ketones (excluding diaryl/α,β-unsaturated/α-hetero) is 2. The maximum atomic E-state index is 13.2. The predicted molar refractivity (Wildman–Crippen MR) is 139 cm³/mol. The molecule has 6 nitrogen and oxygen atoms in total. The number of carbonyl (C=O) groups excluding carboxylic acids is 4. The Morgan fingerprint density at radius 3 is 1.22 bits per heavy atom. The third-order valence-corrected chi connectivity index (χ3v) is 8.62. The lowest BCUT2D eigenvalue weighted by atomic mass is 9.55. The van der Waals surface area contributed by atoms with Gasteiger partial charge in [0.25, 0.3) is 11.6 Å². The highest BCUT2D eigenvalue weighted by atomic mass is 16.6. The molecule has 0 aromatic heterocycles. The minimum Gasteiger partial charge on any atom is -0.452 e. The van der Waals surface area contributed by atoms with E-state index in [-0.39, 0.29) is 11.1 Å². The van der Waals surface area contributed by atoms with Crippen molar-refractivity contribution < 1.29 is 28.7 Å². The minimum absolute atomic E-state index is 0.281. The van der Waals surface area contributed by atoms with E-state index in [9.17, 15) is 19.2 Å². The lowest BCUT2D eigenvalue weighted by Crippen LogP contribution is -2.63. The standard InChI is InChI=1S/C31H36O6/c1-29(2,30(19-11-5-12-20-30)36-27(34)25(32)23-15-7-3-8-16-23)31(21-13-6-14-22-31)37-28(35)26(33)24-17-9-4-10-18-24/h3-4,7-10,15-18H,5-6,11-14,19-22H2,1-2H3. The molecule has 2 aromatic rings. The molecule has 0 unspecified atom stereocenters. The minimum atomic E-state index is -1.000. The van der Waals surface area contributed by atoms with Gasteiger partial charge in [-0.05, 0) is 51.4 Å². The Morgan fingerprint density at radius 2 is 0.892 bits per heavy atom. The highest BCUT2D eigenvalue weighted by Crippen LogP contribution is 2.56. The third kappa shape index (κ3) is 5.25. The Balaban J connectivity index is 1.67. The van der Waals surface area contributed by atoms with Gasteiger partial charge >= 0.3 is 11.9 Å². The van der Waals surface area contributed by atoms with E-state index >= 15 is 0 Å². The van der Waals surface area contributed by atoms with Gasteiger partial charge in [-0.3, -0.25) is 9.59 Å². The maximum absolute atomic E-state index is 13.2. The summed E-state index contributed by atoms with van der Waals surface area (Å²) in [6, 6.07) is 16.8. The van der Waals surface area contributed by atoms with E-state index in [0.717, 1.165) is 38.5 Å². The van der Waals surface area contributed by atoms with Gasteiger partial charge in [0.1, 0.15) is 11.2 Å². The monoisotopic (exact) mass is 504 g/mol. The Morgan fingerprint density at radius 1 is 0.568 bits per heavy atom. The van der Waals surface area contributed by atoms with Gasteiger partial charge in [-0.2, -0.15) is 0 Å². The maximum Gasteiger partial charge on any atom is 0.380 e. The lowest BCUT2D eigenvalue weighted by Gasteiger charge is -2.57. The lowest BCUT2D eigenvalue weighted by molar-refractivity contribution is -0.231. The molecular formula is C31H36O6. The van der Waals surface area contributed by atoms with Crippen molar-refractivity contribution in [2.75, 3.05) is 0 Å². The van der Waals surface area contributed by atoms with Crippen molar-refractivity contribution in [3.8, 4) is 0 Å². The van der Waals surface area contributed by atoms with Crippen LogP contribution in [0.2, 0.25) is 0 Å². The van der Waals surface area contributed by atoms with Crippen LogP contribution in [0.25, 0.3) is 0 Å². The molecule has 2 saturated carbocycles. The summed E-state index contributed by atoms with van der Waals surface area (Å²) in [5, 5.41) is 0. The first-order valence-corrected chi connectivity index (χ1v) is 13.4. The molecule has 0 bridgehead atoms. The summed E-state index contributed by atoms with van der Waals surface area (Å²) >= 11 is 0. The van der Waals surface area contributed by atoms with E-state index in [2.05, 4.69) is 0 Å². The number of carbonyl (C=O) groups is 4. The predicted octanol–water partition coefficient (Wildman–Crippen LogP) is 6.27. The number of rotatable bonds is 8. The Kier molecular flexibility index (Phi) is 7.96. The van der Waals surface area contributed by atoms with E-state index < -0.39 is 40.1 Å². The van der Waals surface area contributed by atoms with Crippen molar-refractivity contribution in [2.24, 2.45) is 5.41 Å². The Bertz CT molecular complexity index is 1030. The van der Waals surface area contributed by atoms with E-state index in [1.807, 2.05) is 13.8 Å². The van der Waals surface area contributed by atoms with Crippen LogP contribution in [0.15, 0.2) is 60.7 Å². The molecule has 0 aliphatic heterocycles. The largest absolute Gasteiger partial charge is 0.452 e. The van der Waals surface area contributed by atoms with Gasteiger partial charge in [0.2, 0.25) is 0 Å². The van der Waals surface area contributed by atoms with Crippen molar-refractivity contribution in [3.05, 3.63) is 71.8 Å². The first-order valence-electron chi connectivity index (χ1n) is 13.4. The molecule has 0 N–H and O–H groups in total. The Hall–Kier alpha value is -3.28. The van der Waals surface area contributed by atoms with Crippen LogP contribution >= 0.6 is 0 Å². The summed E-state index contributed by atoms with van der Waals surface area (Å²) < 4.78 is 12.4. The molecule has 2 fully saturated rings. The van der Waals surface area contributed by atoms with Crippen molar-refractivity contribution >= 4 is 23.5 Å². The highest BCUT2D eigenvalue weighted by Gasteiger charge is 2.62. The second-order valence-electron chi connectivity index (χ2n) is 10.9. The summed E-state index contributed by atoms with van der Waals surface area (Å²) in [5.74, 6) is -3.15. The molecule has 0 heterocycles. The first-order chi connectivity index (χ1) is 17.7.